The monoisotopic (exact) mass is 251 g/mol. The number of carbonyl (C=O) groups excluding carboxylic acids is 1. The van der Waals surface area contributed by atoms with Crippen molar-refractivity contribution in [3.8, 4) is 5.75 Å². The second-order valence-corrected chi connectivity index (χ2v) is 4.49. The maximum Gasteiger partial charge on any atom is 0.257 e. The largest absolute Gasteiger partial charge is 0.496 e. The van der Waals surface area contributed by atoms with Gasteiger partial charge >= 0.3 is 0 Å². The van der Waals surface area contributed by atoms with Crippen molar-refractivity contribution in [3.63, 3.8) is 0 Å². The summed E-state index contributed by atoms with van der Waals surface area (Å²) in [5.41, 5.74) is 9.69. The molecule has 0 aromatic heterocycles. The van der Waals surface area contributed by atoms with Gasteiger partial charge in [-0.05, 0) is 49.1 Å². The molecule has 1 unspecified atom stereocenters. The normalized spacial score (nSPS) is 12.2. The molecule has 0 aliphatic rings. The van der Waals surface area contributed by atoms with E-state index in [4.69, 9.17) is 16.3 Å². The van der Waals surface area contributed by atoms with E-state index in [9.17, 15) is 4.79 Å². The third kappa shape index (κ3) is 2.47. The van der Waals surface area contributed by atoms with Gasteiger partial charge in [-0.3, -0.25) is 9.80 Å². The van der Waals surface area contributed by atoms with Crippen LogP contribution in [0.15, 0.2) is 6.07 Å². The number of hydrogen-bond acceptors (Lipinski definition) is 4. The highest BCUT2D eigenvalue weighted by Gasteiger charge is 2.23. The molecular weight excluding hydrogens is 230 g/mol. The van der Waals surface area contributed by atoms with Crippen molar-refractivity contribution < 1.29 is 9.53 Å². The van der Waals surface area contributed by atoms with Crippen molar-refractivity contribution in [2.45, 2.75) is 26.8 Å². The number of rotatable bonds is 3. The molecule has 1 aromatic rings. The van der Waals surface area contributed by atoms with E-state index in [-0.39, 0.29) is 5.91 Å². The smallest absolute Gasteiger partial charge is 0.257 e. The van der Waals surface area contributed by atoms with Gasteiger partial charge in [0.2, 0.25) is 0 Å². The van der Waals surface area contributed by atoms with Gasteiger partial charge in [-0.1, -0.05) is 0 Å². The highest BCUT2D eigenvalue weighted by atomic mass is 16.5. The van der Waals surface area contributed by atoms with E-state index in [0.29, 0.717) is 0 Å². The molecular formula is C13H21N3O2. The first-order chi connectivity index (χ1) is 8.31. The van der Waals surface area contributed by atoms with Crippen LogP contribution in [0.5, 0.6) is 5.75 Å². The average Bonchev–Trinajstić information content (AvgIpc) is 2.32. The van der Waals surface area contributed by atoms with Gasteiger partial charge < -0.3 is 10.5 Å². The molecule has 0 saturated carbocycles. The third-order valence-electron chi connectivity index (χ3n) is 3.25. The quantitative estimate of drug-likeness (QED) is 0.476. The number of ether oxygens (including phenoxy) is 1. The number of carbonyl (C=O) groups is 1. The van der Waals surface area contributed by atoms with E-state index in [1.54, 1.807) is 7.11 Å². The minimum atomic E-state index is -0.746. The Kier molecular flexibility index (Phi) is 4.32. The number of likely N-dealkylation sites (N-methyl/N-ethyl adjacent to an activating group) is 1. The third-order valence-corrected chi connectivity index (χ3v) is 3.25. The first kappa shape index (κ1) is 14.5. The molecule has 0 saturated heterocycles. The van der Waals surface area contributed by atoms with Gasteiger partial charge in [-0.25, -0.2) is 5.84 Å². The zero-order chi connectivity index (χ0) is 14.0. The van der Waals surface area contributed by atoms with Crippen LogP contribution in [0.2, 0.25) is 0 Å². The van der Waals surface area contributed by atoms with Crippen LogP contribution in [0, 0.1) is 20.8 Å². The van der Waals surface area contributed by atoms with Gasteiger partial charge in [0.15, 0.2) is 0 Å². The Balaban J connectivity index is 3.34. The van der Waals surface area contributed by atoms with Crippen LogP contribution in [-0.4, -0.2) is 25.1 Å². The highest BCUT2D eigenvalue weighted by Crippen LogP contribution is 2.30. The van der Waals surface area contributed by atoms with Crippen molar-refractivity contribution in [1.29, 1.82) is 0 Å². The summed E-state index contributed by atoms with van der Waals surface area (Å²) in [7, 11) is 3.11. The van der Waals surface area contributed by atoms with Gasteiger partial charge in [-0.2, -0.15) is 0 Å². The van der Waals surface area contributed by atoms with Crippen molar-refractivity contribution in [3.05, 3.63) is 28.3 Å². The van der Waals surface area contributed by atoms with Crippen LogP contribution < -0.4 is 16.3 Å². The molecule has 0 heterocycles. The predicted octanol–water partition coefficient (Wildman–Crippen LogP) is 0.952. The molecule has 0 spiro atoms. The topological polar surface area (TPSA) is 81.6 Å². The number of aryl methyl sites for hydroxylation is 1. The van der Waals surface area contributed by atoms with Crippen LogP contribution in [0.3, 0.4) is 0 Å². The van der Waals surface area contributed by atoms with Gasteiger partial charge in [-0.15, -0.1) is 0 Å². The summed E-state index contributed by atoms with van der Waals surface area (Å²) in [4.78, 5) is 11.9. The molecule has 1 aromatic carbocycles. The SMILES string of the molecule is COc1cc(C)c(C(N)C(=O)N(C)N)c(C)c1C. The van der Waals surface area contributed by atoms with E-state index in [2.05, 4.69) is 0 Å². The van der Waals surface area contributed by atoms with E-state index in [0.717, 1.165) is 33.0 Å². The molecule has 0 aliphatic carbocycles. The number of nitrogens with zero attached hydrogens (tertiary/aromatic N) is 1. The van der Waals surface area contributed by atoms with Crippen molar-refractivity contribution >= 4 is 5.91 Å². The molecule has 5 heteroatoms. The molecule has 1 atom stereocenters. The van der Waals surface area contributed by atoms with Crippen molar-refractivity contribution in [2.75, 3.05) is 14.2 Å². The highest BCUT2D eigenvalue weighted by molar-refractivity contribution is 5.83. The predicted molar refractivity (Wildman–Crippen MR) is 71.1 cm³/mol. The lowest BCUT2D eigenvalue weighted by molar-refractivity contribution is -0.131. The van der Waals surface area contributed by atoms with Gasteiger partial charge in [0.05, 0.1) is 7.11 Å². The lowest BCUT2D eigenvalue weighted by atomic mass is 9.92. The Hall–Kier alpha value is -1.59. The van der Waals surface area contributed by atoms with Crippen LogP contribution in [-0.2, 0) is 4.79 Å². The number of benzene rings is 1. The summed E-state index contributed by atoms with van der Waals surface area (Å²) in [6.45, 7) is 5.79. The molecule has 18 heavy (non-hydrogen) atoms. The van der Waals surface area contributed by atoms with Crippen LogP contribution >= 0.6 is 0 Å². The second-order valence-electron chi connectivity index (χ2n) is 4.49. The fourth-order valence-electron chi connectivity index (χ4n) is 2.10. The van der Waals surface area contributed by atoms with Gasteiger partial charge in [0.25, 0.3) is 5.91 Å². The Bertz CT molecular complexity index is 470. The van der Waals surface area contributed by atoms with Crippen LogP contribution in [0.4, 0.5) is 0 Å². The number of amides is 1. The van der Waals surface area contributed by atoms with Gasteiger partial charge in [0, 0.05) is 7.05 Å². The number of nitrogens with two attached hydrogens (primary N) is 2. The minimum Gasteiger partial charge on any atom is -0.496 e. The molecule has 1 rings (SSSR count). The molecule has 1 amide bonds. The van der Waals surface area contributed by atoms with E-state index < -0.39 is 6.04 Å². The van der Waals surface area contributed by atoms with Crippen molar-refractivity contribution in [1.82, 2.24) is 5.01 Å². The fourth-order valence-corrected chi connectivity index (χ4v) is 2.10. The minimum absolute atomic E-state index is 0.314. The summed E-state index contributed by atoms with van der Waals surface area (Å²) < 4.78 is 5.29. The van der Waals surface area contributed by atoms with Gasteiger partial charge in [0.1, 0.15) is 11.8 Å². The second kappa shape index (κ2) is 5.37. The zero-order valence-corrected chi connectivity index (χ0v) is 11.6. The number of hydrazine groups is 1. The molecule has 100 valence electrons. The fraction of sp³-hybridized carbons (Fsp3) is 0.462. The molecule has 5 nitrogen and oxygen atoms in total. The maximum absolute atomic E-state index is 11.9. The van der Waals surface area contributed by atoms with Crippen molar-refractivity contribution in [2.24, 2.45) is 11.6 Å². The summed E-state index contributed by atoms with van der Waals surface area (Å²) in [6.07, 6.45) is 0. The Morgan fingerprint density at radius 3 is 2.33 bits per heavy atom. The summed E-state index contributed by atoms with van der Waals surface area (Å²) in [6, 6.07) is 1.14. The molecule has 0 aliphatic heterocycles. The lowest BCUT2D eigenvalue weighted by Crippen LogP contribution is -2.40. The number of methoxy groups -OCH3 is 1. The first-order valence-corrected chi connectivity index (χ1v) is 5.73. The molecule has 0 radical (unpaired) electrons. The Morgan fingerprint density at radius 1 is 1.33 bits per heavy atom. The van der Waals surface area contributed by atoms with Crippen LogP contribution in [0.25, 0.3) is 0 Å². The van der Waals surface area contributed by atoms with E-state index in [1.165, 1.54) is 7.05 Å². The average molecular weight is 251 g/mol. The summed E-state index contributed by atoms with van der Waals surface area (Å²) in [5, 5.41) is 1.02. The summed E-state index contributed by atoms with van der Waals surface area (Å²) in [5.74, 6) is 5.93. The molecule has 4 N–H and O–H groups in total. The Labute approximate surface area is 108 Å². The maximum atomic E-state index is 11.9. The standard InChI is InChI=1S/C13H21N3O2/c1-7-6-10(18-5)8(2)9(3)11(7)12(14)13(17)16(4)15/h6,12H,14-15H2,1-5H3. The summed E-state index contributed by atoms with van der Waals surface area (Å²) >= 11 is 0. The zero-order valence-electron chi connectivity index (χ0n) is 11.6. The van der Waals surface area contributed by atoms with Crippen LogP contribution in [0.1, 0.15) is 28.3 Å². The van der Waals surface area contributed by atoms with E-state index in [1.807, 2.05) is 26.8 Å². The number of hydrogen-bond donors (Lipinski definition) is 2. The first-order valence-electron chi connectivity index (χ1n) is 5.73. The lowest BCUT2D eigenvalue weighted by Gasteiger charge is -2.22. The molecule has 0 bridgehead atoms. The molecule has 0 fully saturated rings. The van der Waals surface area contributed by atoms with E-state index >= 15 is 0 Å². The Morgan fingerprint density at radius 2 is 1.89 bits per heavy atom.